The second-order valence-electron chi connectivity index (χ2n) is 4.16. The first-order valence-electron chi connectivity index (χ1n) is 5.69. The number of nitrogens with two attached hydrogens (primary N) is 1. The van der Waals surface area contributed by atoms with Gasteiger partial charge in [-0.3, -0.25) is 0 Å². The first-order chi connectivity index (χ1) is 8.22. The van der Waals surface area contributed by atoms with Crippen LogP contribution in [-0.4, -0.2) is 36.8 Å². The molecule has 1 aromatic rings. The van der Waals surface area contributed by atoms with Crippen LogP contribution in [-0.2, 0) is 0 Å². The number of aromatic nitrogens is 2. The lowest BCUT2D eigenvalue weighted by molar-refractivity contribution is 0.372. The lowest BCUT2D eigenvalue weighted by Gasteiger charge is -2.12. The van der Waals surface area contributed by atoms with E-state index < -0.39 is 0 Å². The fourth-order valence-corrected chi connectivity index (χ4v) is 1.59. The van der Waals surface area contributed by atoms with E-state index in [0.29, 0.717) is 30.2 Å². The largest absolute Gasteiger partial charge is 0.481 e. The third-order valence-electron chi connectivity index (χ3n) is 2.82. The predicted molar refractivity (Wildman–Crippen MR) is 64.3 cm³/mol. The van der Waals surface area contributed by atoms with Gasteiger partial charge in [0.1, 0.15) is 0 Å². The van der Waals surface area contributed by atoms with E-state index in [2.05, 4.69) is 15.3 Å². The maximum absolute atomic E-state index is 5.99. The van der Waals surface area contributed by atoms with Gasteiger partial charge in [0.2, 0.25) is 17.7 Å². The smallest absolute Gasteiger partial charge is 0.229 e. The third kappa shape index (κ3) is 3.20. The molecule has 1 aliphatic carbocycles. The number of nitrogens with one attached hydrogen (secondary N) is 1. The second-order valence-corrected chi connectivity index (χ2v) is 4.16. The minimum Gasteiger partial charge on any atom is -0.481 e. The minimum atomic E-state index is 0.163. The first-order valence-corrected chi connectivity index (χ1v) is 5.69. The van der Waals surface area contributed by atoms with Crippen LogP contribution in [0.1, 0.15) is 12.8 Å². The zero-order chi connectivity index (χ0) is 12.3. The molecule has 0 spiro atoms. The Balaban J connectivity index is 1.98. The summed E-state index contributed by atoms with van der Waals surface area (Å²) in [6.07, 6.45) is 2.45. The Bertz CT molecular complexity index is 359. The van der Waals surface area contributed by atoms with Crippen molar-refractivity contribution in [3.8, 4) is 11.8 Å². The van der Waals surface area contributed by atoms with Crippen LogP contribution >= 0.6 is 0 Å². The highest BCUT2D eigenvalue weighted by atomic mass is 16.5. The molecule has 1 unspecified atom stereocenters. The summed E-state index contributed by atoms with van der Waals surface area (Å²) in [7, 11) is 3.11. The Labute approximate surface area is 101 Å². The van der Waals surface area contributed by atoms with Crippen LogP contribution < -0.4 is 20.5 Å². The molecule has 1 aromatic heterocycles. The number of hydrogen-bond donors (Lipinski definition) is 2. The first kappa shape index (κ1) is 11.9. The summed E-state index contributed by atoms with van der Waals surface area (Å²) in [5.41, 5.74) is 5.99. The van der Waals surface area contributed by atoms with Crippen molar-refractivity contribution in [2.45, 2.75) is 18.9 Å². The lowest BCUT2D eigenvalue weighted by atomic mass is 10.2. The summed E-state index contributed by atoms with van der Waals surface area (Å²) in [4.78, 5) is 8.34. The molecule has 94 valence electrons. The molecular weight excluding hydrogens is 220 g/mol. The molecule has 0 bridgehead atoms. The summed E-state index contributed by atoms with van der Waals surface area (Å²) in [5.74, 6) is 2.07. The Morgan fingerprint density at radius 1 is 1.35 bits per heavy atom. The van der Waals surface area contributed by atoms with E-state index in [4.69, 9.17) is 15.2 Å². The molecule has 0 radical (unpaired) electrons. The van der Waals surface area contributed by atoms with E-state index in [1.807, 2.05) is 0 Å². The zero-order valence-electron chi connectivity index (χ0n) is 10.1. The summed E-state index contributed by atoms with van der Waals surface area (Å²) in [6, 6.07) is 1.79. The normalized spacial score (nSPS) is 16.4. The molecule has 1 aliphatic rings. The molecule has 0 saturated heterocycles. The highest BCUT2D eigenvalue weighted by Crippen LogP contribution is 2.31. The van der Waals surface area contributed by atoms with Gasteiger partial charge >= 0.3 is 0 Å². The van der Waals surface area contributed by atoms with Crippen LogP contribution in [0.5, 0.6) is 11.8 Å². The molecule has 6 heteroatoms. The number of anilines is 1. The third-order valence-corrected chi connectivity index (χ3v) is 2.82. The fourth-order valence-electron chi connectivity index (χ4n) is 1.59. The van der Waals surface area contributed by atoms with Crippen molar-refractivity contribution in [1.82, 2.24) is 9.97 Å². The molecule has 0 amide bonds. The molecule has 0 aliphatic heterocycles. The maximum atomic E-state index is 5.99. The van der Waals surface area contributed by atoms with E-state index in [-0.39, 0.29) is 6.04 Å². The molecule has 1 saturated carbocycles. The summed E-state index contributed by atoms with van der Waals surface area (Å²) in [5, 5.41) is 3.11. The van der Waals surface area contributed by atoms with Crippen LogP contribution in [0.25, 0.3) is 0 Å². The van der Waals surface area contributed by atoms with Crippen molar-refractivity contribution < 1.29 is 9.47 Å². The van der Waals surface area contributed by atoms with Crippen LogP contribution in [0.2, 0.25) is 0 Å². The molecule has 3 N–H and O–H groups in total. The summed E-state index contributed by atoms with van der Waals surface area (Å²) in [6.45, 7) is 0.668. The monoisotopic (exact) mass is 238 g/mol. The van der Waals surface area contributed by atoms with Gasteiger partial charge in [0, 0.05) is 12.6 Å². The van der Waals surface area contributed by atoms with Crippen molar-refractivity contribution >= 4 is 5.95 Å². The average molecular weight is 238 g/mol. The van der Waals surface area contributed by atoms with Gasteiger partial charge < -0.3 is 20.5 Å². The predicted octanol–water partition coefficient (Wildman–Crippen LogP) is 0.643. The van der Waals surface area contributed by atoms with Crippen LogP contribution in [0.15, 0.2) is 6.07 Å². The van der Waals surface area contributed by atoms with E-state index in [1.54, 1.807) is 20.3 Å². The number of ether oxygens (including phenoxy) is 2. The lowest BCUT2D eigenvalue weighted by Crippen LogP contribution is -2.31. The van der Waals surface area contributed by atoms with E-state index in [9.17, 15) is 0 Å². The highest BCUT2D eigenvalue weighted by molar-refractivity contribution is 5.33. The molecule has 2 rings (SSSR count). The van der Waals surface area contributed by atoms with Crippen molar-refractivity contribution in [1.29, 1.82) is 0 Å². The van der Waals surface area contributed by atoms with Crippen molar-refractivity contribution in [3.05, 3.63) is 6.07 Å². The molecule has 1 atom stereocenters. The quantitative estimate of drug-likeness (QED) is 0.757. The van der Waals surface area contributed by atoms with Crippen LogP contribution in [0.3, 0.4) is 0 Å². The van der Waals surface area contributed by atoms with E-state index in [1.165, 1.54) is 12.8 Å². The number of methoxy groups -OCH3 is 2. The maximum Gasteiger partial charge on any atom is 0.229 e. The fraction of sp³-hybridized carbons (Fsp3) is 0.636. The summed E-state index contributed by atoms with van der Waals surface area (Å²) < 4.78 is 10.1. The SMILES string of the molecule is COc1cc(OC)nc(NCC(N)C2CC2)n1. The van der Waals surface area contributed by atoms with Gasteiger partial charge in [-0.15, -0.1) is 0 Å². The highest BCUT2D eigenvalue weighted by Gasteiger charge is 2.28. The van der Waals surface area contributed by atoms with Gasteiger partial charge in [-0.25, -0.2) is 0 Å². The Hall–Kier alpha value is -1.56. The molecule has 17 heavy (non-hydrogen) atoms. The standard InChI is InChI=1S/C11H18N4O2/c1-16-9-5-10(17-2)15-11(14-9)13-6-8(12)7-3-4-7/h5,7-8H,3-4,6,12H2,1-2H3,(H,13,14,15). The molecule has 6 nitrogen and oxygen atoms in total. The van der Waals surface area contributed by atoms with Gasteiger partial charge in [-0.2, -0.15) is 9.97 Å². The number of nitrogens with zero attached hydrogens (tertiary/aromatic N) is 2. The van der Waals surface area contributed by atoms with Crippen LogP contribution in [0, 0.1) is 5.92 Å². The second kappa shape index (κ2) is 5.18. The van der Waals surface area contributed by atoms with Gasteiger partial charge in [0.05, 0.1) is 20.3 Å². The van der Waals surface area contributed by atoms with E-state index >= 15 is 0 Å². The topological polar surface area (TPSA) is 82.3 Å². The average Bonchev–Trinajstić information content (AvgIpc) is 3.19. The van der Waals surface area contributed by atoms with Crippen molar-refractivity contribution in [2.75, 3.05) is 26.1 Å². The van der Waals surface area contributed by atoms with E-state index in [0.717, 1.165) is 0 Å². The molecule has 0 aromatic carbocycles. The van der Waals surface area contributed by atoms with Crippen molar-refractivity contribution in [2.24, 2.45) is 11.7 Å². The molecular formula is C11H18N4O2. The molecule has 1 fully saturated rings. The summed E-state index contributed by atoms with van der Waals surface area (Å²) >= 11 is 0. The Kier molecular flexibility index (Phi) is 3.63. The number of rotatable bonds is 6. The van der Waals surface area contributed by atoms with Crippen molar-refractivity contribution in [3.63, 3.8) is 0 Å². The van der Waals surface area contributed by atoms with Gasteiger partial charge in [-0.1, -0.05) is 0 Å². The Morgan fingerprint density at radius 2 is 1.94 bits per heavy atom. The van der Waals surface area contributed by atoms with Crippen LogP contribution in [0.4, 0.5) is 5.95 Å². The molecule has 1 heterocycles. The number of hydrogen-bond acceptors (Lipinski definition) is 6. The van der Waals surface area contributed by atoms with Gasteiger partial charge in [0.15, 0.2) is 0 Å². The Morgan fingerprint density at radius 3 is 2.41 bits per heavy atom. The van der Waals surface area contributed by atoms with Gasteiger partial charge in [0.25, 0.3) is 0 Å². The van der Waals surface area contributed by atoms with Gasteiger partial charge in [-0.05, 0) is 18.8 Å². The zero-order valence-corrected chi connectivity index (χ0v) is 10.1. The minimum absolute atomic E-state index is 0.163.